The molecule has 1 aromatic rings. The van der Waals surface area contributed by atoms with Crippen LogP contribution in [0.1, 0.15) is 22.8 Å². The van der Waals surface area contributed by atoms with Crippen molar-refractivity contribution in [2.75, 3.05) is 25.6 Å². The first-order valence-electron chi connectivity index (χ1n) is 5.80. The van der Waals surface area contributed by atoms with Crippen LogP contribution in [-0.4, -0.2) is 37.3 Å². The van der Waals surface area contributed by atoms with E-state index in [-0.39, 0.29) is 24.7 Å². The summed E-state index contributed by atoms with van der Waals surface area (Å²) in [7, 11) is 1.51. The number of benzene rings is 1. The first-order valence-corrected chi connectivity index (χ1v) is 5.80. The maximum absolute atomic E-state index is 11.5. The summed E-state index contributed by atoms with van der Waals surface area (Å²) in [6.07, 6.45) is 0. The number of carbonyl (C=O) groups is 2. The van der Waals surface area contributed by atoms with Gasteiger partial charge in [0.05, 0.1) is 12.2 Å². The second-order valence-electron chi connectivity index (χ2n) is 3.84. The SMILES string of the molecule is CCOCC(=O)Nc1cc(COC)cc(C(=O)O)c1. The highest BCUT2D eigenvalue weighted by Gasteiger charge is 2.09. The van der Waals surface area contributed by atoms with Gasteiger partial charge in [-0.2, -0.15) is 0 Å². The highest BCUT2D eigenvalue weighted by atomic mass is 16.5. The van der Waals surface area contributed by atoms with Crippen molar-refractivity contribution in [3.8, 4) is 0 Å². The maximum atomic E-state index is 11.5. The third-order valence-electron chi connectivity index (χ3n) is 2.27. The molecule has 0 aliphatic rings. The predicted molar refractivity (Wildman–Crippen MR) is 69.2 cm³/mol. The molecule has 1 rings (SSSR count). The first-order chi connectivity index (χ1) is 9.06. The summed E-state index contributed by atoms with van der Waals surface area (Å²) in [6.45, 7) is 2.44. The van der Waals surface area contributed by atoms with Gasteiger partial charge in [-0.25, -0.2) is 4.79 Å². The molecule has 0 spiro atoms. The Labute approximate surface area is 111 Å². The van der Waals surface area contributed by atoms with E-state index in [0.29, 0.717) is 17.9 Å². The van der Waals surface area contributed by atoms with E-state index in [2.05, 4.69) is 5.32 Å². The van der Waals surface area contributed by atoms with Crippen LogP contribution in [0, 0.1) is 0 Å². The zero-order chi connectivity index (χ0) is 14.3. The van der Waals surface area contributed by atoms with E-state index in [1.165, 1.54) is 19.2 Å². The molecule has 19 heavy (non-hydrogen) atoms. The van der Waals surface area contributed by atoms with Gasteiger partial charge in [0.1, 0.15) is 6.61 Å². The number of nitrogens with one attached hydrogen (secondary N) is 1. The molecular formula is C13H17NO5. The van der Waals surface area contributed by atoms with Crippen molar-refractivity contribution in [2.24, 2.45) is 0 Å². The molecule has 0 heterocycles. The molecule has 6 nitrogen and oxygen atoms in total. The zero-order valence-electron chi connectivity index (χ0n) is 10.9. The van der Waals surface area contributed by atoms with Gasteiger partial charge in [-0.3, -0.25) is 4.79 Å². The summed E-state index contributed by atoms with van der Waals surface area (Å²) in [5.41, 5.74) is 1.19. The van der Waals surface area contributed by atoms with Gasteiger partial charge < -0.3 is 19.9 Å². The highest BCUT2D eigenvalue weighted by Crippen LogP contribution is 2.16. The number of anilines is 1. The summed E-state index contributed by atoms with van der Waals surface area (Å²) in [6, 6.07) is 4.56. The van der Waals surface area contributed by atoms with Crippen LogP contribution in [0.3, 0.4) is 0 Å². The Bertz CT molecular complexity index is 458. The van der Waals surface area contributed by atoms with Crippen LogP contribution >= 0.6 is 0 Å². The minimum absolute atomic E-state index is 0.0621. The molecule has 2 N–H and O–H groups in total. The maximum Gasteiger partial charge on any atom is 0.335 e. The summed E-state index contributed by atoms with van der Waals surface area (Å²) in [4.78, 5) is 22.5. The molecule has 0 aromatic heterocycles. The second-order valence-corrected chi connectivity index (χ2v) is 3.84. The highest BCUT2D eigenvalue weighted by molar-refractivity contribution is 5.94. The van der Waals surface area contributed by atoms with Crippen LogP contribution in [0.4, 0.5) is 5.69 Å². The van der Waals surface area contributed by atoms with Crippen molar-refractivity contribution in [2.45, 2.75) is 13.5 Å². The van der Waals surface area contributed by atoms with Crippen LogP contribution in [0.2, 0.25) is 0 Å². The molecule has 0 atom stereocenters. The van der Waals surface area contributed by atoms with Gasteiger partial charge >= 0.3 is 5.97 Å². The van der Waals surface area contributed by atoms with E-state index < -0.39 is 5.97 Å². The van der Waals surface area contributed by atoms with Gasteiger partial charge in [0.15, 0.2) is 0 Å². The number of rotatable bonds is 7. The number of hydrogen-bond acceptors (Lipinski definition) is 4. The van der Waals surface area contributed by atoms with Crippen LogP contribution in [0.15, 0.2) is 18.2 Å². The smallest absolute Gasteiger partial charge is 0.335 e. The average Bonchev–Trinajstić information content (AvgIpc) is 2.36. The Balaban J connectivity index is 2.86. The fourth-order valence-electron chi connectivity index (χ4n) is 1.53. The lowest BCUT2D eigenvalue weighted by Crippen LogP contribution is -2.18. The number of methoxy groups -OCH3 is 1. The second kappa shape index (κ2) is 7.50. The number of carboxylic acids is 1. The van der Waals surface area contributed by atoms with Crippen molar-refractivity contribution in [1.82, 2.24) is 0 Å². The number of carboxylic acid groups (broad SMARTS) is 1. The molecule has 0 radical (unpaired) electrons. The van der Waals surface area contributed by atoms with E-state index in [1.807, 2.05) is 0 Å². The quantitative estimate of drug-likeness (QED) is 0.782. The summed E-state index contributed by atoms with van der Waals surface area (Å²) >= 11 is 0. The topological polar surface area (TPSA) is 84.9 Å². The fraction of sp³-hybridized carbons (Fsp3) is 0.385. The Morgan fingerprint density at radius 1 is 1.32 bits per heavy atom. The lowest BCUT2D eigenvalue weighted by Gasteiger charge is -2.09. The molecule has 104 valence electrons. The van der Waals surface area contributed by atoms with Gasteiger partial charge in [0.2, 0.25) is 5.91 Å². The lowest BCUT2D eigenvalue weighted by molar-refractivity contribution is -0.120. The van der Waals surface area contributed by atoms with E-state index in [0.717, 1.165) is 0 Å². The van der Waals surface area contributed by atoms with Crippen molar-refractivity contribution in [1.29, 1.82) is 0 Å². The van der Waals surface area contributed by atoms with Crippen molar-refractivity contribution >= 4 is 17.6 Å². The fourth-order valence-corrected chi connectivity index (χ4v) is 1.53. The van der Waals surface area contributed by atoms with Gasteiger partial charge in [0.25, 0.3) is 0 Å². The van der Waals surface area contributed by atoms with E-state index in [4.69, 9.17) is 14.6 Å². The van der Waals surface area contributed by atoms with Crippen LogP contribution in [0.25, 0.3) is 0 Å². The molecule has 1 amide bonds. The molecule has 0 saturated heterocycles. The molecular weight excluding hydrogens is 250 g/mol. The molecule has 0 bridgehead atoms. The van der Waals surface area contributed by atoms with Crippen LogP contribution in [0.5, 0.6) is 0 Å². The summed E-state index contributed by atoms with van der Waals surface area (Å²) in [5.74, 6) is -1.38. The Morgan fingerprint density at radius 2 is 2.05 bits per heavy atom. The Morgan fingerprint density at radius 3 is 2.63 bits per heavy atom. The number of aromatic carboxylic acids is 1. The van der Waals surface area contributed by atoms with Gasteiger partial charge in [-0.15, -0.1) is 0 Å². The van der Waals surface area contributed by atoms with Crippen LogP contribution < -0.4 is 5.32 Å². The van der Waals surface area contributed by atoms with Gasteiger partial charge in [-0.1, -0.05) is 0 Å². The number of hydrogen-bond donors (Lipinski definition) is 2. The molecule has 0 aliphatic heterocycles. The molecule has 1 aromatic carbocycles. The Kier molecular flexibility index (Phi) is 5.98. The lowest BCUT2D eigenvalue weighted by atomic mass is 10.1. The standard InChI is InChI=1S/C13H17NO5/c1-3-19-8-12(15)14-11-5-9(7-18-2)4-10(6-11)13(16)17/h4-6H,3,7-8H2,1-2H3,(H,14,15)(H,16,17). The Hall–Kier alpha value is -1.92. The van der Waals surface area contributed by atoms with Crippen molar-refractivity contribution < 1.29 is 24.2 Å². The van der Waals surface area contributed by atoms with Crippen molar-refractivity contribution in [3.05, 3.63) is 29.3 Å². The minimum Gasteiger partial charge on any atom is -0.478 e. The largest absolute Gasteiger partial charge is 0.478 e. The first kappa shape index (κ1) is 15.1. The molecule has 0 fully saturated rings. The summed E-state index contributed by atoms with van der Waals surface area (Å²) in [5, 5.41) is 11.6. The molecule has 0 aliphatic carbocycles. The zero-order valence-corrected chi connectivity index (χ0v) is 10.9. The number of amides is 1. The van der Waals surface area contributed by atoms with E-state index >= 15 is 0 Å². The molecule has 6 heteroatoms. The van der Waals surface area contributed by atoms with E-state index in [1.54, 1.807) is 13.0 Å². The van der Waals surface area contributed by atoms with E-state index in [9.17, 15) is 9.59 Å². The van der Waals surface area contributed by atoms with Crippen LogP contribution in [-0.2, 0) is 20.9 Å². The third-order valence-corrected chi connectivity index (χ3v) is 2.27. The van der Waals surface area contributed by atoms with Crippen molar-refractivity contribution in [3.63, 3.8) is 0 Å². The predicted octanol–water partition coefficient (Wildman–Crippen LogP) is 1.51. The molecule has 0 saturated carbocycles. The number of ether oxygens (including phenoxy) is 2. The van der Waals surface area contributed by atoms with Gasteiger partial charge in [-0.05, 0) is 30.7 Å². The average molecular weight is 267 g/mol. The summed E-state index contributed by atoms with van der Waals surface area (Å²) < 4.78 is 9.93. The minimum atomic E-state index is -1.06. The molecule has 0 unspecified atom stereocenters. The monoisotopic (exact) mass is 267 g/mol. The normalized spacial score (nSPS) is 10.2. The third kappa shape index (κ3) is 5.07. The number of carbonyl (C=O) groups excluding carboxylic acids is 1. The van der Waals surface area contributed by atoms with Gasteiger partial charge in [0, 0.05) is 19.4 Å².